The summed E-state index contributed by atoms with van der Waals surface area (Å²) in [6, 6.07) is 23.0. The summed E-state index contributed by atoms with van der Waals surface area (Å²) in [7, 11) is -4.94. The summed E-state index contributed by atoms with van der Waals surface area (Å²) in [5.74, 6) is -0.359. The van der Waals surface area contributed by atoms with E-state index in [0.29, 0.717) is 19.3 Å². The highest BCUT2D eigenvalue weighted by molar-refractivity contribution is 6.03. The summed E-state index contributed by atoms with van der Waals surface area (Å²) >= 11 is 0. The third-order valence-corrected chi connectivity index (χ3v) is 6.29. The number of rotatable bonds is 4. The average Bonchev–Trinajstić information content (AvgIpc) is 2.79. The zero-order valence-electron chi connectivity index (χ0n) is 19.7. The molecule has 0 saturated carbocycles. The minimum Gasteiger partial charge on any atom is -0.296 e. The van der Waals surface area contributed by atoms with Crippen molar-refractivity contribution < 1.29 is 43.0 Å². The first-order chi connectivity index (χ1) is 16.4. The quantitative estimate of drug-likeness (QED) is 0.382. The Balaban J connectivity index is 0.000000623. The number of amides is 2. The fourth-order valence-electron chi connectivity index (χ4n) is 4.60. The summed E-state index contributed by atoms with van der Waals surface area (Å²) in [4.78, 5) is 24.3. The van der Waals surface area contributed by atoms with Crippen LogP contribution in [0.25, 0.3) is 16.8 Å². The van der Waals surface area contributed by atoms with Crippen LogP contribution in [0.5, 0.6) is 0 Å². The minimum atomic E-state index is -4.94. The van der Waals surface area contributed by atoms with Gasteiger partial charge in [0.05, 0.1) is 5.41 Å². The van der Waals surface area contributed by atoms with E-state index in [1.165, 1.54) is 11.1 Å². The zero-order chi connectivity index (χ0) is 25.8. The predicted molar refractivity (Wildman–Crippen MR) is 117 cm³/mol. The van der Waals surface area contributed by atoms with Gasteiger partial charge in [-0.15, -0.1) is 10.2 Å². The maximum absolute atomic E-state index is 12.7. The van der Waals surface area contributed by atoms with Crippen molar-refractivity contribution >= 4 is 11.8 Å². The van der Waals surface area contributed by atoms with E-state index in [4.69, 9.17) is 18.6 Å². The van der Waals surface area contributed by atoms with Crippen molar-refractivity contribution in [1.82, 2.24) is 5.32 Å². The van der Waals surface area contributed by atoms with Crippen molar-refractivity contribution in [1.29, 1.82) is 0 Å². The molecule has 35 heavy (non-hydrogen) atoms. The molecular weight excluding hydrogens is 472 g/mol. The molecule has 1 N–H and O–H groups in total. The van der Waals surface area contributed by atoms with E-state index >= 15 is 0 Å². The van der Waals surface area contributed by atoms with E-state index in [1.807, 2.05) is 25.1 Å². The van der Waals surface area contributed by atoms with Gasteiger partial charge >= 0.3 is 0 Å². The Hall–Kier alpha value is -3.14. The van der Waals surface area contributed by atoms with Crippen LogP contribution in [0.15, 0.2) is 66.7 Å². The lowest BCUT2D eigenvalue weighted by atomic mass is 9.72. The van der Waals surface area contributed by atoms with Crippen LogP contribution < -0.4 is 28.5 Å². The summed E-state index contributed by atoms with van der Waals surface area (Å²) in [5.41, 5.74) is 6.10. The molecule has 2 amide bonds. The van der Waals surface area contributed by atoms with Gasteiger partial charge in [0.25, 0.3) is 0 Å². The van der Waals surface area contributed by atoms with Crippen molar-refractivity contribution in [2.24, 2.45) is 0 Å². The van der Waals surface area contributed by atoms with Crippen LogP contribution in [0.2, 0.25) is 0 Å². The van der Waals surface area contributed by atoms with E-state index < -0.39 is 15.7 Å². The number of aryl methyl sites for hydroxylation is 2. The Labute approximate surface area is 206 Å². The molecule has 1 fully saturated rings. The smallest absolute Gasteiger partial charge is 0.237 e. The second kappa shape index (κ2) is 10.6. The van der Waals surface area contributed by atoms with Crippen LogP contribution in [-0.2, 0) is 15.0 Å². The van der Waals surface area contributed by atoms with Crippen molar-refractivity contribution in [3.8, 4) is 16.8 Å². The SMILES string of the molecule is CCC1(c2ccc(-[n+]3c(C)cc(-c4ccccc4)cc3C)cc2)CCC(=O)NC1=O.[O-][Cl+3]([O-])([O-])[O-]. The second-order valence-corrected chi connectivity index (χ2v) is 9.22. The number of piperidine rings is 1. The lowest BCUT2D eigenvalue weighted by Crippen LogP contribution is -2.68. The highest BCUT2D eigenvalue weighted by Gasteiger charge is 2.42. The molecule has 2 heterocycles. The van der Waals surface area contributed by atoms with Gasteiger partial charge in [-0.3, -0.25) is 14.9 Å². The lowest BCUT2D eigenvalue weighted by Gasteiger charge is -2.34. The van der Waals surface area contributed by atoms with E-state index in [1.54, 1.807) is 0 Å². The maximum Gasteiger partial charge on any atom is 0.237 e. The molecule has 9 heteroatoms. The van der Waals surface area contributed by atoms with Crippen LogP contribution >= 0.6 is 0 Å². The number of imide groups is 1. The number of hydrogen-bond donors (Lipinski definition) is 1. The van der Waals surface area contributed by atoms with Crippen LogP contribution in [0, 0.1) is 24.1 Å². The molecule has 1 aliphatic heterocycles. The molecule has 2 aromatic carbocycles. The minimum absolute atomic E-state index is 0.179. The number of aromatic nitrogens is 1. The Morgan fingerprint density at radius 1 is 0.886 bits per heavy atom. The normalized spacial score (nSPS) is 17.9. The van der Waals surface area contributed by atoms with Crippen LogP contribution in [-0.4, -0.2) is 11.8 Å². The van der Waals surface area contributed by atoms with Gasteiger partial charge < -0.3 is 0 Å². The maximum atomic E-state index is 12.7. The monoisotopic (exact) mass is 498 g/mol. The Morgan fingerprint density at radius 2 is 1.43 bits per heavy atom. The molecule has 8 nitrogen and oxygen atoms in total. The van der Waals surface area contributed by atoms with Crippen molar-refractivity contribution in [3.05, 3.63) is 83.7 Å². The topological polar surface area (TPSA) is 142 Å². The van der Waals surface area contributed by atoms with Crippen LogP contribution in [0.4, 0.5) is 0 Å². The second-order valence-electron chi connectivity index (χ2n) is 8.47. The molecule has 0 radical (unpaired) electrons. The van der Waals surface area contributed by atoms with Gasteiger partial charge in [0.15, 0.2) is 11.4 Å². The number of carbonyl (C=O) groups excluding carboxylic acids is 2. The van der Waals surface area contributed by atoms with E-state index in [2.05, 4.69) is 72.3 Å². The Morgan fingerprint density at radius 3 is 1.91 bits per heavy atom. The molecule has 4 rings (SSSR count). The van der Waals surface area contributed by atoms with Gasteiger partial charge in [0, 0.05) is 44.5 Å². The summed E-state index contributed by atoms with van der Waals surface area (Å²) in [5, 5.41) is 2.52. The number of hydrogen-bond acceptors (Lipinski definition) is 6. The average molecular weight is 499 g/mol. The van der Waals surface area contributed by atoms with Gasteiger partial charge in [-0.25, -0.2) is 18.6 Å². The number of nitrogens with zero attached hydrogens (tertiary/aromatic N) is 1. The number of halogens is 1. The lowest BCUT2D eigenvalue weighted by molar-refractivity contribution is -2.00. The Kier molecular flexibility index (Phi) is 8.04. The standard InChI is InChI=1S/C26H26N2O2.ClHO4/c1-4-26(15-14-24(29)27-25(26)30)22-10-12-23(13-11-22)28-18(2)16-21(17-19(28)3)20-8-6-5-7-9-20;2-1(3,4)5/h5-13,16-17H,4,14-15H2,1-3H3;(H,2,3,4,5). The molecule has 0 spiro atoms. The molecule has 0 bridgehead atoms. The first kappa shape index (κ1) is 26.5. The number of pyridine rings is 1. The van der Waals surface area contributed by atoms with Crippen molar-refractivity contribution in [2.75, 3.05) is 0 Å². The Bertz CT molecular complexity index is 1180. The van der Waals surface area contributed by atoms with E-state index in [0.717, 1.165) is 22.6 Å². The molecule has 1 saturated heterocycles. The fraction of sp³-hybridized carbons (Fsp3) is 0.269. The number of carbonyl (C=O) groups is 2. The molecule has 1 aliphatic rings. The molecule has 1 aromatic heterocycles. The molecule has 0 aliphatic carbocycles. The van der Waals surface area contributed by atoms with Crippen LogP contribution in [0.3, 0.4) is 0 Å². The predicted octanol–water partition coefficient (Wildman–Crippen LogP) is -0.424. The van der Waals surface area contributed by atoms with Crippen LogP contribution in [0.1, 0.15) is 43.1 Å². The zero-order valence-corrected chi connectivity index (χ0v) is 20.5. The first-order valence-electron chi connectivity index (χ1n) is 11.1. The summed E-state index contributed by atoms with van der Waals surface area (Å²) < 4.78 is 36.2. The third-order valence-electron chi connectivity index (χ3n) is 6.29. The molecule has 1 unspecified atom stereocenters. The fourth-order valence-corrected chi connectivity index (χ4v) is 4.60. The van der Waals surface area contributed by atoms with Gasteiger partial charge in [-0.05, 0) is 29.5 Å². The molecule has 184 valence electrons. The summed E-state index contributed by atoms with van der Waals surface area (Å²) in [6.45, 7) is 6.23. The van der Waals surface area contributed by atoms with Crippen molar-refractivity contribution in [3.63, 3.8) is 0 Å². The number of benzene rings is 2. The molecular formula is C26H27ClN2O6. The molecule has 1 atom stereocenters. The first-order valence-corrected chi connectivity index (χ1v) is 12.3. The van der Waals surface area contributed by atoms with Gasteiger partial charge in [0.1, 0.15) is 0 Å². The highest BCUT2D eigenvalue weighted by Crippen LogP contribution is 2.36. The van der Waals surface area contributed by atoms with Crippen molar-refractivity contribution in [2.45, 2.75) is 45.4 Å². The largest absolute Gasteiger partial charge is 0.296 e. The molecule has 3 aromatic rings. The number of nitrogens with one attached hydrogen (secondary N) is 1. The van der Waals surface area contributed by atoms with E-state index in [-0.39, 0.29) is 11.8 Å². The van der Waals surface area contributed by atoms with Gasteiger partial charge in [-0.2, -0.15) is 4.57 Å². The van der Waals surface area contributed by atoms with E-state index in [9.17, 15) is 9.59 Å². The third kappa shape index (κ3) is 6.30. The highest BCUT2D eigenvalue weighted by atomic mass is 35.7. The van der Waals surface area contributed by atoms with Gasteiger partial charge in [-0.1, -0.05) is 49.4 Å². The van der Waals surface area contributed by atoms with Gasteiger partial charge in [0.2, 0.25) is 17.5 Å². The summed E-state index contributed by atoms with van der Waals surface area (Å²) in [6.07, 6.45) is 1.61.